The first-order chi connectivity index (χ1) is 16.1. The van der Waals surface area contributed by atoms with Crippen LogP contribution in [0.25, 0.3) is 0 Å². The maximum atomic E-state index is 13.1. The third-order valence-electron chi connectivity index (χ3n) is 6.52. The molecule has 180 valence electrons. The lowest BCUT2D eigenvalue weighted by Gasteiger charge is -2.34. The van der Waals surface area contributed by atoms with E-state index >= 15 is 0 Å². The number of esters is 1. The minimum Gasteiger partial charge on any atom is -0.508 e. The monoisotopic (exact) mass is 462 g/mol. The molecule has 0 amide bonds. The fourth-order valence-corrected chi connectivity index (χ4v) is 4.86. The molecule has 5 heteroatoms. The normalized spacial score (nSPS) is 14.0. The summed E-state index contributed by atoms with van der Waals surface area (Å²) < 4.78 is 6.30. The molecule has 1 aliphatic heterocycles. The van der Waals surface area contributed by atoms with Crippen molar-refractivity contribution >= 4 is 5.97 Å². The molecule has 0 aromatic heterocycles. The zero-order valence-electron chi connectivity index (χ0n) is 20.9. The fraction of sp³-hybridized carbons (Fsp3) is 0.345. The Hall–Kier alpha value is -3.31. The van der Waals surface area contributed by atoms with Crippen LogP contribution in [-0.4, -0.2) is 28.4 Å². The number of aliphatic hydroxyl groups excluding tert-OH is 1. The Labute approximate surface area is 201 Å². The van der Waals surface area contributed by atoms with E-state index in [1.807, 2.05) is 71.9 Å². The molecule has 0 unspecified atom stereocenters. The van der Waals surface area contributed by atoms with Gasteiger partial charge in [0.1, 0.15) is 11.5 Å². The van der Waals surface area contributed by atoms with E-state index in [2.05, 4.69) is 0 Å². The van der Waals surface area contributed by atoms with Gasteiger partial charge in [-0.3, -0.25) is 0 Å². The predicted molar refractivity (Wildman–Crippen MR) is 134 cm³/mol. The first-order valence-electron chi connectivity index (χ1n) is 11.5. The van der Waals surface area contributed by atoms with Gasteiger partial charge in [-0.15, -0.1) is 0 Å². The van der Waals surface area contributed by atoms with Crippen molar-refractivity contribution in [1.82, 2.24) is 0 Å². The summed E-state index contributed by atoms with van der Waals surface area (Å²) in [6, 6.07) is 14.9. The van der Waals surface area contributed by atoms with Gasteiger partial charge in [0.05, 0.1) is 5.56 Å². The maximum absolute atomic E-state index is 13.1. The van der Waals surface area contributed by atoms with Gasteiger partial charge in [-0.05, 0) is 78.3 Å². The zero-order chi connectivity index (χ0) is 25.4. The quantitative estimate of drug-likeness (QED) is 0.412. The molecule has 1 aliphatic rings. The first kappa shape index (κ1) is 25.3. The summed E-state index contributed by atoms with van der Waals surface area (Å²) in [5.41, 5.74) is 5.03. The summed E-state index contributed by atoms with van der Waals surface area (Å²) in [4.78, 5) is 13.1. The second-order valence-electron chi connectivity index (χ2n) is 9.38. The van der Waals surface area contributed by atoms with E-state index in [0.717, 1.165) is 46.1 Å². The van der Waals surface area contributed by atoms with Gasteiger partial charge in [-0.1, -0.05) is 45.9 Å². The number of fused-ring (bicyclic) bond motifs is 1. The molecule has 3 N–H and O–H groups in total. The van der Waals surface area contributed by atoms with Gasteiger partial charge in [0.2, 0.25) is 0 Å². The standard InChI is InChI=1S/C28H30O4.CH4O/c1-15(2)20-13-23(17(5)11-25(20)29)28(22-10-8-7-9-19(22)27(31)32-28)24-14-21(16(3)4)26(30)12-18(24)6;1-2/h7-16,29-30H,1-6H3;2H,1H3. The van der Waals surface area contributed by atoms with E-state index < -0.39 is 5.60 Å². The van der Waals surface area contributed by atoms with E-state index in [1.54, 1.807) is 18.2 Å². The van der Waals surface area contributed by atoms with Gasteiger partial charge in [-0.2, -0.15) is 0 Å². The van der Waals surface area contributed by atoms with Crippen LogP contribution in [0, 0.1) is 13.8 Å². The van der Waals surface area contributed by atoms with Crippen LogP contribution in [0.5, 0.6) is 11.5 Å². The summed E-state index contributed by atoms with van der Waals surface area (Å²) >= 11 is 0. The molecule has 0 aliphatic carbocycles. The van der Waals surface area contributed by atoms with Gasteiger partial charge in [0.15, 0.2) is 5.60 Å². The van der Waals surface area contributed by atoms with Crippen molar-refractivity contribution in [2.45, 2.75) is 59.0 Å². The van der Waals surface area contributed by atoms with Crippen molar-refractivity contribution in [2.24, 2.45) is 0 Å². The molecule has 0 spiro atoms. The Morgan fingerprint density at radius 2 is 1.18 bits per heavy atom. The van der Waals surface area contributed by atoms with E-state index in [9.17, 15) is 15.0 Å². The maximum Gasteiger partial charge on any atom is 0.340 e. The second kappa shape index (κ2) is 9.51. The molecule has 1 heterocycles. The Balaban J connectivity index is 0.00000158. The lowest BCUT2D eigenvalue weighted by Crippen LogP contribution is -2.32. The number of aromatic hydroxyl groups is 2. The van der Waals surface area contributed by atoms with Crippen LogP contribution in [0.3, 0.4) is 0 Å². The molecule has 5 nitrogen and oxygen atoms in total. The molecule has 0 bridgehead atoms. The van der Waals surface area contributed by atoms with Crippen LogP contribution < -0.4 is 0 Å². The van der Waals surface area contributed by atoms with Crippen molar-refractivity contribution in [3.8, 4) is 11.5 Å². The molecule has 4 rings (SSSR count). The van der Waals surface area contributed by atoms with Crippen LogP contribution in [0.4, 0.5) is 0 Å². The van der Waals surface area contributed by atoms with Gasteiger partial charge in [0.25, 0.3) is 0 Å². The summed E-state index contributed by atoms with van der Waals surface area (Å²) in [6.07, 6.45) is 0. The first-order valence-corrected chi connectivity index (χ1v) is 11.5. The van der Waals surface area contributed by atoms with Crippen molar-refractivity contribution in [3.63, 3.8) is 0 Å². The minimum absolute atomic E-state index is 0.0888. The summed E-state index contributed by atoms with van der Waals surface area (Å²) in [5, 5.41) is 28.2. The molecule has 0 atom stereocenters. The molecule has 3 aromatic rings. The summed E-state index contributed by atoms with van der Waals surface area (Å²) in [6.45, 7) is 12.0. The van der Waals surface area contributed by atoms with Gasteiger partial charge in [0, 0.05) is 23.8 Å². The van der Waals surface area contributed by atoms with Crippen LogP contribution >= 0.6 is 0 Å². The van der Waals surface area contributed by atoms with Crippen molar-refractivity contribution in [2.75, 3.05) is 7.11 Å². The number of carbonyl (C=O) groups excluding carboxylic acids is 1. The average Bonchev–Trinajstić information content (AvgIpc) is 3.08. The lowest BCUT2D eigenvalue weighted by molar-refractivity contribution is 0.0247. The molecule has 0 radical (unpaired) electrons. The van der Waals surface area contributed by atoms with Crippen LogP contribution in [0.2, 0.25) is 0 Å². The Bertz CT molecular complexity index is 1160. The Kier molecular flexibility index (Phi) is 7.08. The summed E-state index contributed by atoms with van der Waals surface area (Å²) in [7, 11) is 1.00. The van der Waals surface area contributed by atoms with Crippen LogP contribution in [-0.2, 0) is 10.3 Å². The zero-order valence-corrected chi connectivity index (χ0v) is 20.9. The number of benzene rings is 3. The van der Waals surface area contributed by atoms with Gasteiger partial charge >= 0.3 is 5.97 Å². The Morgan fingerprint density at radius 3 is 1.62 bits per heavy atom. The highest BCUT2D eigenvalue weighted by molar-refractivity contribution is 5.96. The molecular formula is C29H34O5. The van der Waals surface area contributed by atoms with E-state index in [-0.39, 0.29) is 29.3 Å². The topological polar surface area (TPSA) is 87.0 Å². The van der Waals surface area contributed by atoms with E-state index in [1.165, 1.54) is 0 Å². The molecule has 0 saturated heterocycles. The second-order valence-corrected chi connectivity index (χ2v) is 9.38. The van der Waals surface area contributed by atoms with E-state index in [4.69, 9.17) is 9.84 Å². The molecular weight excluding hydrogens is 428 g/mol. The largest absolute Gasteiger partial charge is 0.508 e. The minimum atomic E-state index is -1.17. The molecule has 0 fully saturated rings. The third-order valence-corrected chi connectivity index (χ3v) is 6.52. The summed E-state index contributed by atoms with van der Waals surface area (Å²) in [5.74, 6) is 0.271. The molecule has 34 heavy (non-hydrogen) atoms. The SMILES string of the molecule is CO.Cc1cc(O)c(C(C)C)cc1C1(c2cc(C(C)C)c(O)cc2C)OC(=O)c2ccccc21. The Morgan fingerprint density at radius 1 is 0.735 bits per heavy atom. The number of cyclic esters (lactones) is 1. The average molecular weight is 463 g/mol. The number of phenolic OH excluding ortho intramolecular Hbond substituents is 2. The number of ether oxygens (including phenoxy) is 1. The number of phenols is 2. The van der Waals surface area contributed by atoms with E-state index in [0.29, 0.717) is 5.56 Å². The lowest BCUT2D eigenvalue weighted by atomic mass is 9.74. The number of hydrogen-bond donors (Lipinski definition) is 3. The van der Waals surface area contributed by atoms with Crippen molar-refractivity contribution in [3.05, 3.63) is 93.0 Å². The van der Waals surface area contributed by atoms with Crippen LogP contribution in [0.15, 0.2) is 48.5 Å². The highest BCUT2D eigenvalue weighted by Crippen LogP contribution is 2.51. The third kappa shape index (κ3) is 3.94. The number of hydrogen-bond acceptors (Lipinski definition) is 5. The predicted octanol–water partition coefficient (Wildman–Crippen LogP) is 6.03. The van der Waals surface area contributed by atoms with Gasteiger partial charge in [-0.25, -0.2) is 4.79 Å². The highest BCUT2D eigenvalue weighted by Gasteiger charge is 2.50. The number of carbonyl (C=O) groups is 1. The number of rotatable bonds is 4. The van der Waals surface area contributed by atoms with Gasteiger partial charge < -0.3 is 20.1 Å². The fourth-order valence-electron chi connectivity index (χ4n) is 4.86. The highest BCUT2D eigenvalue weighted by atomic mass is 16.6. The van der Waals surface area contributed by atoms with Crippen molar-refractivity contribution in [1.29, 1.82) is 0 Å². The number of aliphatic hydroxyl groups is 1. The number of aryl methyl sites for hydroxylation is 2. The molecule has 3 aromatic carbocycles. The van der Waals surface area contributed by atoms with Crippen molar-refractivity contribution < 1.29 is 24.9 Å². The molecule has 0 saturated carbocycles. The van der Waals surface area contributed by atoms with Crippen LogP contribution in [0.1, 0.15) is 88.8 Å². The smallest absolute Gasteiger partial charge is 0.340 e.